The molecule has 0 aliphatic carbocycles. The molecule has 2 saturated heterocycles. The van der Waals surface area contributed by atoms with Crippen LogP contribution in [-0.4, -0.2) is 126 Å². The van der Waals surface area contributed by atoms with Crippen molar-refractivity contribution in [2.75, 3.05) is 13.2 Å². The Bertz CT molecular complexity index is 1490. The van der Waals surface area contributed by atoms with Gasteiger partial charge in [-0.25, -0.2) is 0 Å². The molecule has 234 valence electrons. The number of hydrogen-bond donors (Lipinski definition) is 10. The van der Waals surface area contributed by atoms with Crippen LogP contribution >= 0.6 is 0 Å². The molecule has 0 saturated carbocycles. The van der Waals surface area contributed by atoms with E-state index in [0.29, 0.717) is 0 Å². The fourth-order valence-corrected chi connectivity index (χ4v) is 4.84. The van der Waals surface area contributed by atoms with Gasteiger partial charge in [0.2, 0.25) is 17.5 Å². The number of fused-ring (bicyclic) bond motifs is 1. The van der Waals surface area contributed by atoms with Gasteiger partial charge in [-0.15, -0.1) is 0 Å². The second-order valence-electron chi connectivity index (χ2n) is 10.1. The highest BCUT2D eigenvalue weighted by atomic mass is 16.7. The van der Waals surface area contributed by atoms with E-state index >= 15 is 0 Å². The minimum Gasteiger partial charge on any atom is -0.508 e. The van der Waals surface area contributed by atoms with E-state index < -0.39 is 103 Å². The van der Waals surface area contributed by atoms with Crippen molar-refractivity contribution >= 4 is 11.0 Å². The molecule has 2 fully saturated rings. The molecule has 16 nitrogen and oxygen atoms in total. The van der Waals surface area contributed by atoms with Gasteiger partial charge < -0.3 is 74.4 Å². The van der Waals surface area contributed by atoms with E-state index in [0.717, 1.165) is 12.1 Å². The molecule has 2 aromatic carbocycles. The normalized spacial score (nSPS) is 33.0. The predicted molar refractivity (Wildman–Crippen MR) is 140 cm³/mol. The number of ether oxygens (including phenoxy) is 4. The Morgan fingerprint density at radius 2 is 1.33 bits per heavy atom. The van der Waals surface area contributed by atoms with Gasteiger partial charge in [0.05, 0.1) is 13.2 Å². The van der Waals surface area contributed by atoms with E-state index in [4.69, 9.17) is 23.4 Å². The molecule has 1 aromatic heterocycles. The molecular formula is C27H30O16. The molecule has 5 rings (SSSR count). The second-order valence-corrected chi connectivity index (χ2v) is 10.1. The van der Waals surface area contributed by atoms with Crippen LogP contribution in [0.3, 0.4) is 0 Å². The second kappa shape index (κ2) is 12.2. The number of aliphatic hydroxyl groups excluding tert-OH is 7. The molecule has 2 aliphatic heterocycles. The zero-order chi connectivity index (χ0) is 31.2. The zero-order valence-electron chi connectivity index (χ0n) is 22.1. The molecular weight excluding hydrogens is 580 g/mol. The summed E-state index contributed by atoms with van der Waals surface area (Å²) in [5, 5.41) is 101. The van der Waals surface area contributed by atoms with Crippen molar-refractivity contribution in [1.82, 2.24) is 0 Å². The standard InChI is InChI=1S/C27H30O16/c28-7-14-17(32)20(35)22(37)26(41-14)39-8-15-18(33)21(36)23(38)27(42-15)43-25-19(34)16-12(31)5-11(30)6-13(16)40-24(25)9-1-3-10(29)4-2-9/h1-6,14-15,17-18,20-23,26-33,35-38H,7-8H2/t14?,15?,17-,18-,20?,21?,22-,23-,26+,27-/m0/s1. The highest BCUT2D eigenvalue weighted by Crippen LogP contribution is 2.37. The van der Waals surface area contributed by atoms with Crippen molar-refractivity contribution in [3.8, 4) is 34.3 Å². The van der Waals surface area contributed by atoms with Gasteiger partial charge in [-0.05, 0) is 24.3 Å². The Morgan fingerprint density at radius 1 is 0.721 bits per heavy atom. The fourth-order valence-electron chi connectivity index (χ4n) is 4.84. The van der Waals surface area contributed by atoms with Gasteiger partial charge in [-0.3, -0.25) is 4.79 Å². The van der Waals surface area contributed by atoms with Crippen molar-refractivity contribution in [3.63, 3.8) is 0 Å². The van der Waals surface area contributed by atoms with E-state index in [1.165, 1.54) is 24.3 Å². The van der Waals surface area contributed by atoms with E-state index in [1.807, 2.05) is 0 Å². The van der Waals surface area contributed by atoms with Crippen molar-refractivity contribution in [2.45, 2.75) is 61.4 Å². The van der Waals surface area contributed by atoms with Gasteiger partial charge >= 0.3 is 0 Å². The van der Waals surface area contributed by atoms with E-state index in [-0.39, 0.29) is 22.7 Å². The summed E-state index contributed by atoms with van der Waals surface area (Å²) in [6.45, 7) is -1.37. The summed E-state index contributed by atoms with van der Waals surface area (Å²) in [5.41, 5.74) is -1.01. The molecule has 0 amide bonds. The molecule has 0 bridgehead atoms. The van der Waals surface area contributed by atoms with Crippen LogP contribution in [-0.2, 0) is 14.2 Å². The van der Waals surface area contributed by atoms with Crippen LogP contribution in [0.2, 0.25) is 0 Å². The smallest absolute Gasteiger partial charge is 0.239 e. The molecule has 4 unspecified atom stereocenters. The van der Waals surface area contributed by atoms with Gasteiger partial charge in [0.1, 0.15) is 77.0 Å². The van der Waals surface area contributed by atoms with Gasteiger partial charge in [0, 0.05) is 17.7 Å². The lowest BCUT2D eigenvalue weighted by Crippen LogP contribution is -2.62. The first-order valence-electron chi connectivity index (χ1n) is 13.0. The summed E-state index contributed by atoms with van der Waals surface area (Å²) in [5.74, 6) is -2.07. The van der Waals surface area contributed by atoms with Gasteiger partial charge in [0.25, 0.3) is 0 Å². The first-order chi connectivity index (χ1) is 20.4. The summed E-state index contributed by atoms with van der Waals surface area (Å²) in [6, 6.07) is 7.25. The third kappa shape index (κ3) is 5.85. The molecule has 16 heteroatoms. The molecule has 2 aliphatic rings. The van der Waals surface area contributed by atoms with Crippen LogP contribution < -0.4 is 10.2 Å². The van der Waals surface area contributed by atoms with E-state index in [9.17, 15) is 55.9 Å². The Labute approximate surface area is 241 Å². The van der Waals surface area contributed by atoms with Gasteiger partial charge in [0.15, 0.2) is 12.1 Å². The molecule has 3 heterocycles. The molecule has 0 radical (unpaired) electrons. The summed E-state index contributed by atoms with van der Waals surface area (Å²) < 4.78 is 27.8. The van der Waals surface area contributed by atoms with Crippen LogP contribution in [0.5, 0.6) is 23.0 Å². The average Bonchev–Trinajstić information content (AvgIpc) is 2.97. The molecule has 3 aromatic rings. The highest BCUT2D eigenvalue weighted by Gasteiger charge is 2.48. The predicted octanol–water partition coefficient (Wildman–Crippen LogP) is -2.42. The first-order valence-corrected chi connectivity index (χ1v) is 13.0. The fraction of sp³-hybridized carbons (Fsp3) is 0.444. The Kier molecular flexibility index (Phi) is 8.77. The van der Waals surface area contributed by atoms with Crippen molar-refractivity contribution < 1.29 is 74.4 Å². The number of phenols is 3. The van der Waals surface area contributed by atoms with Crippen molar-refractivity contribution in [2.24, 2.45) is 0 Å². The lowest BCUT2D eigenvalue weighted by atomic mass is 9.98. The van der Waals surface area contributed by atoms with Crippen molar-refractivity contribution in [3.05, 3.63) is 46.6 Å². The van der Waals surface area contributed by atoms with Crippen molar-refractivity contribution in [1.29, 1.82) is 0 Å². The van der Waals surface area contributed by atoms with Crippen LogP contribution in [0.15, 0.2) is 45.6 Å². The van der Waals surface area contributed by atoms with E-state index in [1.54, 1.807) is 0 Å². The molecule has 0 spiro atoms. The average molecular weight is 611 g/mol. The number of aliphatic hydroxyl groups is 7. The third-order valence-electron chi connectivity index (χ3n) is 7.22. The van der Waals surface area contributed by atoms with Crippen LogP contribution in [0.4, 0.5) is 0 Å². The lowest BCUT2D eigenvalue weighted by Gasteiger charge is -2.42. The minimum atomic E-state index is -1.95. The van der Waals surface area contributed by atoms with Crippen LogP contribution in [0.1, 0.15) is 0 Å². The molecule has 43 heavy (non-hydrogen) atoms. The zero-order valence-corrected chi connectivity index (χ0v) is 22.1. The summed E-state index contributed by atoms with van der Waals surface area (Å²) >= 11 is 0. The number of aromatic hydroxyl groups is 3. The highest BCUT2D eigenvalue weighted by molar-refractivity contribution is 5.88. The number of hydrogen-bond acceptors (Lipinski definition) is 16. The Hall–Kier alpha value is -3.55. The van der Waals surface area contributed by atoms with Gasteiger partial charge in [-0.2, -0.15) is 0 Å². The summed E-state index contributed by atoms with van der Waals surface area (Å²) in [4.78, 5) is 13.6. The largest absolute Gasteiger partial charge is 0.508 e. The monoisotopic (exact) mass is 610 g/mol. The molecule has 10 N–H and O–H groups in total. The third-order valence-corrected chi connectivity index (χ3v) is 7.22. The SMILES string of the molecule is O=c1c(O[C@@H]2OC(CO[C@@H]3OC(CO)[C@H](O)C(O)[C@@H]3O)[C@H](O)C(O)[C@@H]2O)c(-c2ccc(O)cc2)oc2cc(O)cc(O)c12. The summed E-state index contributed by atoms with van der Waals surface area (Å²) in [6.07, 6.45) is -17.1. The lowest BCUT2D eigenvalue weighted by molar-refractivity contribution is -0.323. The first kappa shape index (κ1) is 30.9. The number of benzene rings is 2. The maximum atomic E-state index is 13.6. The quantitative estimate of drug-likeness (QED) is 0.133. The molecule has 10 atom stereocenters. The number of phenolic OH excluding ortho intramolecular Hbond substituents is 3. The summed E-state index contributed by atoms with van der Waals surface area (Å²) in [7, 11) is 0. The maximum absolute atomic E-state index is 13.6. The van der Waals surface area contributed by atoms with Crippen LogP contribution in [0, 0.1) is 0 Å². The van der Waals surface area contributed by atoms with E-state index in [2.05, 4.69) is 0 Å². The minimum absolute atomic E-state index is 0.116. The Balaban J connectivity index is 1.45. The van der Waals surface area contributed by atoms with Gasteiger partial charge in [-0.1, -0.05) is 0 Å². The van der Waals surface area contributed by atoms with Crippen LogP contribution in [0.25, 0.3) is 22.3 Å². The number of rotatable bonds is 7. The topological polar surface area (TPSA) is 269 Å². The Morgan fingerprint density at radius 3 is 1.98 bits per heavy atom. The maximum Gasteiger partial charge on any atom is 0.239 e.